The van der Waals surface area contributed by atoms with E-state index in [1.165, 1.54) is 16.8 Å². The number of rotatable bonds is 4. The van der Waals surface area contributed by atoms with Gasteiger partial charge in [0.15, 0.2) is 5.69 Å². The molecule has 1 fully saturated rings. The van der Waals surface area contributed by atoms with Crippen molar-refractivity contribution in [2.75, 3.05) is 13.1 Å². The quantitative estimate of drug-likeness (QED) is 0.715. The summed E-state index contributed by atoms with van der Waals surface area (Å²) in [6, 6.07) is 15.1. The summed E-state index contributed by atoms with van der Waals surface area (Å²) in [6.45, 7) is 3.95. The van der Waals surface area contributed by atoms with Gasteiger partial charge in [-0.05, 0) is 50.2 Å². The Kier molecular flexibility index (Phi) is 5.26. The van der Waals surface area contributed by atoms with Gasteiger partial charge in [-0.1, -0.05) is 23.4 Å². The molecule has 156 valence electrons. The third-order valence-electron chi connectivity index (χ3n) is 5.34. The van der Waals surface area contributed by atoms with Gasteiger partial charge in [0.05, 0.1) is 17.9 Å². The smallest absolute Gasteiger partial charge is 0.276 e. The average molecular weight is 410 g/mol. The molecular formula is C22H23FN4O3. The molecular weight excluding hydrogens is 387 g/mol. The van der Waals surface area contributed by atoms with Crippen LogP contribution in [0.4, 0.5) is 4.39 Å². The molecule has 4 rings (SSSR count). The van der Waals surface area contributed by atoms with E-state index in [1.807, 2.05) is 30.3 Å². The van der Waals surface area contributed by atoms with Crippen molar-refractivity contribution in [2.24, 2.45) is 0 Å². The lowest BCUT2D eigenvalue weighted by Gasteiger charge is -2.42. The Labute approximate surface area is 173 Å². The molecule has 0 aliphatic carbocycles. The van der Waals surface area contributed by atoms with Gasteiger partial charge in [0, 0.05) is 13.0 Å². The first kappa shape index (κ1) is 20.0. The topological polar surface area (TPSA) is 80.5 Å². The molecule has 2 heterocycles. The summed E-state index contributed by atoms with van der Waals surface area (Å²) in [6.07, 6.45) is 0.0543. The molecule has 0 bridgehead atoms. The summed E-state index contributed by atoms with van der Waals surface area (Å²) in [7, 11) is 0. The molecule has 1 aliphatic heterocycles. The Balaban J connectivity index is 1.49. The Hall–Kier alpha value is -3.26. The molecule has 1 aliphatic rings. The van der Waals surface area contributed by atoms with E-state index in [1.54, 1.807) is 30.9 Å². The Morgan fingerprint density at radius 1 is 1.20 bits per heavy atom. The molecule has 1 amide bonds. The lowest BCUT2D eigenvalue weighted by molar-refractivity contribution is -0.0900. The number of halogens is 1. The van der Waals surface area contributed by atoms with Gasteiger partial charge in [-0.25, -0.2) is 9.07 Å². The summed E-state index contributed by atoms with van der Waals surface area (Å²) in [4.78, 5) is 14.6. The summed E-state index contributed by atoms with van der Waals surface area (Å²) in [5, 5.41) is 19.0. The Bertz CT molecular complexity index is 1030. The number of β-amino-alcohol motifs (C(OH)–C–C–N with tert-alkyl or cyclic N) is 1. The van der Waals surface area contributed by atoms with Crippen LogP contribution in [0.5, 0.6) is 5.75 Å². The lowest BCUT2D eigenvalue weighted by Crippen LogP contribution is -2.58. The lowest BCUT2D eigenvalue weighted by atomic mass is 9.91. The van der Waals surface area contributed by atoms with Gasteiger partial charge in [-0.3, -0.25) is 4.79 Å². The third-order valence-corrected chi connectivity index (χ3v) is 5.34. The number of aromatic nitrogens is 3. The first-order valence-corrected chi connectivity index (χ1v) is 9.77. The monoisotopic (exact) mass is 410 g/mol. The number of hydrogen-bond acceptors (Lipinski definition) is 5. The predicted molar refractivity (Wildman–Crippen MR) is 108 cm³/mol. The van der Waals surface area contributed by atoms with E-state index < -0.39 is 11.7 Å². The van der Waals surface area contributed by atoms with Crippen LogP contribution in [0.25, 0.3) is 5.69 Å². The molecule has 1 aromatic heterocycles. The number of amides is 1. The van der Waals surface area contributed by atoms with Crippen molar-refractivity contribution >= 4 is 5.91 Å². The Morgan fingerprint density at radius 2 is 1.90 bits per heavy atom. The molecule has 2 atom stereocenters. The highest BCUT2D eigenvalue weighted by Gasteiger charge is 2.42. The summed E-state index contributed by atoms with van der Waals surface area (Å²) in [5.41, 5.74) is 0.152. The maximum Gasteiger partial charge on any atom is 0.276 e. The van der Waals surface area contributed by atoms with Crippen molar-refractivity contribution in [3.63, 3.8) is 0 Å². The van der Waals surface area contributed by atoms with Gasteiger partial charge in [0.25, 0.3) is 5.91 Å². The highest BCUT2D eigenvalue weighted by atomic mass is 19.1. The predicted octanol–water partition coefficient (Wildman–Crippen LogP) is 2.76. The highest BCUT2D eigenvalue weighted by molar-refractivity contribution is 5.93. The van der Waals surface area contributed by atoms with E-state index in [0.717, 1.165) is 0 Å². The van der Waals surface area contributed by atoms with Crippen LogP contribution in [0.2, 0.25) is 0 Å². The second-order valence-electron chi connectivity index (χ2n) is 7.70. The summed E-state index contributed by atoms with van der Waals surface area (Å²) < 4.78 is 20.6. The number of hydrogen-bond donors (Lipinski definition) is 1. The number of piperidine rings is 1. The largest absolute Gasteiger partial charge is 0.487 e. The van der Waals surface area contributed by atoms with Crippen molar-refractivity contribution in [1.82, 2.24) is 19.9 Å². The molecule has 0 radical (unpaired) electrons. The van der Waals surface area contributed by atoms with Crippen molar-refractivity contribution in [3.8, 4) is 11.4 Å². The number of carbonyl (C=O) groups excluding carboxylic acids is 1. The molecule has 3 aromatic rings. The van der Waals surface area contributed by atoms with Gasteiger partial charge < -0.3 is 14.7 Å². The van der Waals surface area contributed by atoms with Gasteiger partial charge in [-0.15, -0.1) is 5.10 Å². The van der Waals surface area contributed by atoms with E-state index in [2.05, 4.69) is 10.3 Å². The normalized spacial score (nSPS) is 21.5. The van der Waals surface area contributed by atoms with Gasteiger partial charge >= 0.3 is 0 Å². The zero-order valence-electron chi connectivity index (χ0n) is 16.8. The fourth-order valence-corrected chi connectivity index (χ4v) is 3.68. The number of para-hydroxylation sites is 1. The highest BCUT2D eigenvalue weighted by Crippen LogP contribution is 2.27. The van der Waals surface area contributed by atoms with E-state index in [9.17, 15) is 14.3 Å². The zero-order valence-corrected chi connectivity index (χ0v) is 16.8. The first-order chi connectivity index (χ1) is 14.3. The van der Waals surface area contributed by atoms with Gasteiger partial charge in [0.1, 0.15) is 23.3 Å². The number of likely N-dealkylation sites (tertiary alicyclic amines) is 1. The van der Waals surface area contributed by atoms with Crippen LogP contribution in [-0.2, 0) is 0 Å². The molecule has 8 heteroatoms. The number of nitrogens with zero attached hydrogens (tertiary/aromatic N) is 4. The van der Waals surface area contributed by atoms with E-state index in [0.29, 0.717) is 30.1 Å². The van der Waals surface area contributed by atoms with Crippen LogP contribution in [0.3, 0.4) is 0 Å². The molecule has 1 N–H and O–H groups in total. The standard InChI is InChI=1S/C22H23FN4O3/c1-15-20(24-25-27(15)17-10-8-16(23)9-11-17)21(28)26-13-12-19(22(2,29)14-26)30-18-6-4-3-5-7-18/h3-11,19,29H,12-14H2,1-2H3/t19-,22-/m0/s1. The minimum atomic E-state index is -1.22. The minimum absolute atomic E-state index is 0.117. The second-order valence-corrected chi connectivity index (χ2v) is 7.70. The van der Waals surface area contributed by atoms with Crippen LogP contribution in [0.1, 0.15) is 29.5 Å². The van der Waals surface area contributed by atoms with E-state index in [4.69, 9.17) is 4.74 Å². The SMILES string of the molecule is Cc1c(C(=O)N2CC[C@H](Oc3ccccc3)[C@@](C)(O)C2)nnn1-c1ccc(F)cc1. The average Bonchev–Trinajstić information content (AvgIpc) is 3.11. The molecule has 0 saturated carbocycles. The van der Waals surface area contributed by atoms with E-state index >= 15 is 0 Å². The molecule has 2 aromatic carbocycles. The van der Waals surface area contributed by atoms with Crippen molar-refractivity contribution in [3.05, 3.63) is 71.8 Å². The molecule has 0 spiro atoms. The fourth-order valence-electron chi connectivity index (χ4n) is 3.68. The van der Waals surface area contributed by atoms with Crippen LogP contribution in [0.15, 0.2) is 54.6 Å². The fraction of sp³-hybridized carbons (Fsp3) is 0.318. The number of carbonyl (C=O) groups is 1. The number of ether oxygens (including phenoxy) is 1. The van der Waals surface area contributed by atoms with Crippen LogP contribution >= 0.6 is 0 Å². The molecule has 1 saturated heterocycles. The number of benzene rings is 2. The second kappa shape index (κ2) is 7.87. The Morgan fingerprint density at radius 3 is 2.57 bits per heavy atom. The van der Waals surface area contributed by atoms with E-state index in [-0.39, 0.29) is 24.0 Å². The maximum absolute atomic E-state index is 13.2. The molecule has 0 unspecified atom stereocenters. The van der Waals surface area contributed by atoms with Crippen molar-refractivity contribution in [1.29, 1.82) is 0 Å². The zero-order chi connectivity index (χ0) is 21.3. The third kappa shape index (κ3) is 3.91. The van der Waals surface area contributed by atoms with Gasteiger partial charge in [0.2, 0.25) is 0 Å². The molecule has 30 heavy (non-hydrogen) atoms. The van der Waals surface area contributed by atoms with Crippen LogP contribution in [0, 0.1) is 12.7 Å². The van der Waals surface area contributed by atoms with Gasteiger partial charge in [-0.2, -0.15) is 0 Å². The summed E-state index contributed by atoms with van der Waals surface area (Å²) in [5.74, 6) is 0.0237. The van der Waals surface area contributed by atoms with Crippen molar-refractivity contribution in [2.45, 2.75) is 32.0 Å². The maximum atomic E-state index is 13.2. The van der Waals surface area contributed by atoms with Crippen LogP contribution in [-0.4, -0.2) is 55.7 Å². The van der Waals surface area contributed by atoms with Crippen molar-refractivity contribution < 1.29 is 19.0 Å². The molecule has 7 nitrogen and oxygen atoms in total. The summed E-state index contributed by atoms with van der Waals surface area (Å²) >= 11 is 0. The van der Waals surface area contributed by atoms with Crippen LogP contribution < -0.4 is 4.74 Å². The first-order valence-electron chi connectivity index (χ1n) is 9.77. The number of aliphatic hydroxyl groups is 1. The minimum Gasteiger partial charge on any atom is -0.487 e.